The standard InChI is InChI=1S/C20H21NO4/c1-23-17-5-2-14(3-6-17)16-8-9-21(13-16)20(22)15-4-7-18-19(12-15)25-11-10-24-18/h2-7,12,16H,8-11,13H2,1H3/t16-/m1/s1. The summed E-state index contributed by atoms with van der Waals surface area (Å²) in [4.78, 5) is 14.7. The van der Waals surface area contributed by atoms with Crippen LogP contribution < -0.4 is 14.2 Å². The molecule has 2 aliphatic rings. The van der Waals surface area contributed by atoms with E-state index in [9.17, 15) is 4.79 Å². The van der Waals surface area contributed by atoms with E-state index in [1.807, 2.05) is 29.2 Å². The van der Waals surface area contributed by atoms with Gasteiger partial charge in [-0.15, -0.1) is 0 Å². The van der Waals surface area contributed by atoms with Crippen LogP contribution in [-0.2, 0) is 0 Å². The molecule has 2 aromatic carbocycles. The van der Waals surface area contributed by atoms with E-state index in [-0.39, 0.29) is 5.91 Å². The zero-order valence-corrected chi connectivity index (χ0v) is 14.2. The van der Waals surface area contributed by atoms with E-state index < -0.39 is 0 Å². The second-order valence-corrected chi connectivity index (χ2v) is 6.37. The van der Waals surface area contributed by atoms with Gasteiger partial charge in [-0.2, -0.15) is 0 Å². The van der Waals surface area contributed by atoms with Gasteiger partial charge in [-0.25, -0.2) is 0 Å². The number of hydrogen-bond acceptors (Lipinski definition) is 4. The van der Waals surface area contributed by atoms with Crippen LogP contribution in [0.1, 0.15) is 28.3 Å². The van der Waals surface area contributed by atoms with Gasteiger partial charge in [-0.1, -0.05) is 12.1 Å². The lowest BCUT2D eigenvalue weighted by Gasteiger charge is -2.21. The molecule has 1 atom stereocenters. The number of rotatable bonds is 3. The molecule has 0 unspecified atom stereocenters. The van der Waals surface area contributed by atoms with Crippen LogP contribution in [0.25, 0.3) is 0 Å². The van der Waals surface area contributed by atoms with Crippen LogP contribution in [0.15, 0.2) is 42.5 Å². The number of carbonyl (C=O) groups excluding carboxylic acids is 1. The SMILES string of the molecule is COc1ccc([C@@H]2CCN(C(=O)c3ccc4c(c3)OCCO4)C2)cc1. The largest absolute Gasteiger partial charge is 0.497 e. The van der Waals surface area contributed by atoms with Gasteiger partial charge in [0.1, 0.15) is 19.0 Å². The number of nitrogens with zero attached hydrogens (tertiary/aromatic N) is 1. The van der Waals surface area contributed by atoms with Crippen molar-refractivity contribution in [2.45, 2.75) is 12.3 Å². The van der Waals surface area contributed by atoms with Gasteiger partial charge in [0.2, 0.25) is 0 Å². The summed E-state index contributed by atoms with van der Waals surface area (Å²) >= 11 is 0. The van der Waals surface area contributed by atoms with E-state index in [2.05, 4.69) is 12.1 Å². The smallest absolute Gasteiger partial charge is 0.254 e. The third-order valence-corrected chi connectivity index (χ3v) is 4.85. The Labute approximate surface area is 147 Å². The molecule has 25 heavy (non-hydrogen) atoms. The molecule has 0 aromatic heterocycles. The monoisotopic (exact) mass is 339 g/mol. The van der Waals surface area contributed by atoms with E-state index in [1.54, 1.807) is 13.2 Å². The molecule has 1 fully saturated rings. The van der Waals surface area contributed by atoms with E-state index in [4.69, 9.17) is 14.2 Å². The van der Waals surface area contributed by atoms with Gasteiger partial charge < -0.3 is 19.1 Å². The summed E-state index contributed by atoms with van der Waals surface area (Å²) in [5.74, 6) is 2.63. The molecule has 0 saturated carbocycles. The predicted molar refractivity (Wildman–Crippen MR) is 93.7 cm³/mol. The lowest BCUT2D eigenvalue weighted by atomic mass is 9.98. The molecule has 130 valence electrons. The summed E-state index contributed by atoms with van der Waals surface area (Å²) in [6.07, 6.45) is 0.975. The Kier molecular flexibility index (Phi) is 4.22. The fourth-order valence-corrected chi connectivity index (χ4v) is 3.45. The van der Waals surface area contributed by atoms with Crippen molar-refractivity contribution in [2.24, 2.45) is 0 Å². The maximum atomic E-state index is 12.8. The van der Waals surface area contributed by atoms with E-state index in [0.717, 1.165) is 25.3 Å². The Morgan fingerprint density at radius 2 is 1.84 bits per heavy atom. The number of likely N-dealkylation sites (tertiary alicyclic amines) is 1. The highest BCUT2D eigenvalue weighted by Crippen LogP contribution is 2.33. The average Bonchev–Trinajstić information content (AvgIpc) is 3.17. The van der Waals surface area contributed by atoms with Gasteiger partial charge in [0.05, 0.1) is 7.11 Å². The molecule has 0 bridgehead atoms. The molecule has 0 spiro atoms. The summed E-state index contributed by atoms with van der Waals surface area (Å²) in [7, 11) is 1.66. The first-order valence-electron chi connectivity index (χ1n) is 8.57. The van der Waals surface area contributed by atoms with Crippen LogP contribution in [-0.4, -0.2) is 44.2 Å². The number of methoxy groups -OCH3 is 1. The van der Waals surface area contributed by atoms with Crippen LogP contribution >= 0.6 is 0 Å². The second kappa shape index (κ2) is 6.67. The molecule has 1 saturated heterocycles. The maximum absolute atomic E-state index is 12.8. The van der Waals surface area contributed by atoms with E-state index in [1.165, 1.54) is 5.56 Å². The van der Waals surface area contributed by atoms with Crippen LogP contribution in [0.4, 0.5) is 0 Å². The Morgan fingerprint density at radius 3 is 2.60 bits per heavy atom. The number of carbonyl (C=O) groups is 1. The van der Waals surface area contributed by atoms with Crippen molar-refractivity contribution in [3.05, 3.63) is 53.6 Å². The Hall–Kier alpha value is -2.69. The normalized spacial score (nSPS) is 18.9. The zero-order valence-electron chi connectivity index (χ0n) is 14.2. The lowest BCUT2D eigenvalue weighted by molar-refractivity contribution is 0.0789. The summed E-state index contributed by atoms with van der Waals surface area (Å²) in [5, 5.41) is 0. The minimum atomic E-state index is 0.0491. The van der Waals surface area contributed by atoms with Gasteiger partial charge in [0.15, 0.2) is 11.5 Å². The van der Waals surface area contributed by atoms with Crippen molar-refractivity contribution < 1.29 is 19.0 Å². The topological polar surface area (TPSA) is 48.0 Å². The molecule has 1 amide bonds. The second-order valence-electron chi connectivity index (χ2n) is 6.37. The Balaban J connectivity index is 1.46. The molecule has 5 heteroatoms. The molecular weight excluding hydrogens is 318 g/mol. The number of ether oxygens (including phenoxy) is 3. The Bertz CT molecular complexity index is 772. The van der Waals surface area contributed by atoms with Crippen LogP contribution in [0.3, 0.4) is 0 Å². The van der Waals surface area contributed by atoms with Crippen molar-refractivity contribution >= 4 is 5.91 Å². The zero-order chi connectivity index (χ0) is 17.2. The number of hydrogen-bond donors (Lipinski definition) is 0. The highest BCUT2D eigenvalue weighted by molar-refractivity contribution is 5.95. The van der Waals surface area contributed by atoms with Gasteiger partial charge in [0, 0.05) is 24.6 Å². The minimum Gasteiger partial charge on any atom is -0.497 e. The summed E-state index contributed by atoms with van der Waals surface area (Å²) in [6, 6.07) is 13.5. The van der Waals surface area contributed by atoms with Crippen LogP contribution in [0, 0.1) is 0 Å². The number of amides is 1. The van der Waals surface area contributed by atoms with E-state index in [0.29, 0.717) is 36.2 Å². The maximum Gasteiger partial charge on any atom is 0.254 e. The third-order valence-electron chi connectivity index (χ3n) is 4.85. The molecule has 0 aliphatic carbocycles. The van der Waals surface area contributed by atoms with Gasteiger partial charge in [-0.3, -0.25) is 4.79 Å². The number of fused-ring (bicyclic) bond motifs is 1. The Morgan fingerprint density at radius 1 is 1.08 bits per heavy atom. The van der Waals surface area contributed by atoms with Crippen molar-refractivity contribution in [1.82, 2.24) is 4.90 Å². The summed E-state index contributed by atoms with van der Waals surface area (Å²) in [5.41, 5.74) is 1.90. The first kappa shape index (κ1) is 15.8. The molecule has 4 rings (SSSR count). The molecule has 0 radical (unpaired) electrons. The fraction of sp³-hybridized carbons (Fsp3) is 0.350. The van der Waals surface area contributed by atoms with Crippen LogP contribution in [0.5, 0.6) is 17.2 Å². The fourth-order valence-electron chi connectivity index (χ4n) is 3.45. The molecule has 5 nitrogen and oxygen atoms in total. The first-order valence-corrected chi connectivity index (χ1v) is 8.57. The van der Waals surface area contributed by atoms with Gasteiger partial charge >= 0.3 is 0 Å². The lowest BCUT2D eigenvalue weighted by Crippen LogP contribution is -2.28. The third kappa shape index (κ3) is 3.14. The average molecular weight is 339 g/mol. The molecule has 2 aliphatic heterocycles. The highest BCUT2D eigenvalue weighted by atomic mass is 16.6. The van der Waals surface area contributed by atoms with E-state index >= 15 is 0 Å². The molecule has 2 heterocycles. The summed E-state index contributed by atoms with van der Waals surface area (Å²) < 4.78 is 16.3. The molecule has 0 N–H and O–H groups in total. The van der Waals surface area contributed by atoms with Crippen LogP contribution in [0.2, 0.25) is 0 Å². The van der Waals surface area contributed by atoms with Crippen molar-refractivity contribution in [3.63, 3.8) is 0 Å². The van der Waals surface area contributed by atoms with Crippen molar-refractivity contribution in [1.29, 1.82) is 0 Å². The highest BCUT2D eigenvalue weighted by Gasteiger charge is 2.28. The molecular formula is C20H21NO4. The van der Waals surface area contributed by atoms with Crippen molar-refractivity contribution in [3.8, 4) is 17.2 Å². The first-order chi connectivity index (χ1) is 12.2. The quantitative estimate of drug-likeness (QED) is 0.862. The number of benzene rings is 2. The molecule has 2 aromatic rings. The minimum absolute atomic E-state index is 0.0491. The van der Waals surface area contributed by atoms with Crippen molar-refractivity contribution in [2.75, 3.05) is 33.4 Å². The van der Waals surface area contributed by atoms with Gasteiger partial charge in [-0.05, 0) is 42.3 Å². The summed E-state index contributed by atoms with van der Waals surface area (Å²) in [6.45, 7) is 2.58. The van der Waals surface area contributed by atoms with Gasteiger partial charge in [0.25, 0.3) is 5.91 Å². The predicted octanol–water partition coefficient (Wildman–Crippen LogP) is 3.10.